The highest BCUT2D eigenvalue weighted by Crippen LogP contribution is 2.66. The number of fused-ring (bicyclic) bond motifs is 2. The highest BCUT2D eigenvalue weighted by Gasteiger charge is 2.61. The Hall–Kier alpha value is -0.120. The summed E-state index contributed by atoms with van der Waals surface area (Å²) in [5.41, 5.74) is 5.70. The molecule has 2 aliphatic carbocycles. The third-order valence-electron chi connectivity index (χ3n) is 6.86. The third kappa shape index (κ3) is 2.53. The lowest BCUT2D eigenvalue weighted by Gasteiger charge is -2.39. The number of rotatable bonds is 7. The first-order valence-electron chi connectivity index (χ1n) is 8.33. The van der Waals surface area contributed by atoms with Crippen molar-refractivity contribution < 1.29 is 9.84 Å². The van der Waals surface area contributed by atoms with E-state index in [4.69, 9.17) is 10.5 Å². The lowest BCUT2D eigenvalue weighted by molar-refractivity contribution is -0.0539. The zero-order valence-electron chi connectivity index (χ0n) is 13.7. The van der Waals surface area contributed by atoms with Crippen LogP contribution in [-0.4, -0.2) is 30.0 Å². The normalized spacial score (nSPS) is 38.1. The molecule has 0 amide bonds. The van der Waals surface area contributed by atoms with Crippen molar-refractivity contribution in [1.29, 1.82) is 0 Å². The molecule has 0 aliphatic heterocycles. The van der Waals surface area contributed by atoms with Gasteiger partial charge in [-0.25, -0.2) is 0 Å². The van der Waals surface area contributed by atoms with Crippen LogP contribution in [0.5, 0.6) is 0 Å². The average molecular weight is 283 g/mol. The standard InChI is InChI=1S/C17H33NO2/c1-5-17(19,12-18)8-6-10-20-14-11-13-7-9-16(14,4)15(13,2)3/h13-14,19H,5-12,18H2,1-4H3. The molecular weight excluding hydrogens is 250 g/mol. The van der Waals surface area contributed by atoms with Gasteiger partial charge in [0, 0.05) is 13.2 Å². The van der Waals surface area contributed by atoms with Crippen LogP contribution in [0.1, 0.15) is 66.2 Å². The molecular formula is C17H33NO2. The van der Waals surface area contributed by atoms with Gasteiger partial charge in [0.25, 0.3) is 0 Å². The van der Waals surface area contributed by atoms with E-state index in [-0.39, 0.29) is 0 Å². The maximum atomic E-state index is 10.2. The van der Waals surface area contributed by atoms with Gasteiger partial charge < -0.3 is 15.6 Å². The van der Waals surface area contributed by atoms with E-state index in [9.17, 15) is 5.11 Å². The molecule has 0 spiro atoms. The maximum Gasteiger partial charge on any atom is 0.0767 e. The van der Waals surface area contributed by atoms with Crippen molar-refractivity contribution in [2.24, 2.45) is 22.5 Å². The van der Waals surface area contributed by atoms with Crippen molar-refractivity contribution in [3.8, 4) is 0 Å². The fourth-order valence-electron chi connectivity index (χ4n) is 4.43. The minimum absolute atomic E-state index is 0.340. The molecule has 0 radical (unpaired) electrons. The molecule has 0 saturated heterocycles. The van der Waals surface area contributed by atoms with Crippen LogP contribution >= 0.6 is 0 Å². The van der Waals surface area contributed by atoms with Crippen molar-refractivity contribution >= 4 is 0 Å². The van der Waals surface area contributed by atoms with Gasteiger partial charge in [0.2, 0.25) is 0 Å². The van der Waals surface area contributed by atoms with Gasteiger partial charge in [-0.1, -0.05) is 27.7 Å². The van der Waals surface area contributed by atoms with Crippen LogP contribution in [0, 0.1) is 16.7 Å². The van der Waals surface area contributed by atoms with Gasteiger partial charge in [0.1, 0.15) is 0 Å². The van der Waals surface area contributed by atoms with Gasteiger partial charge in [-0.2, -0.15) is 0 Å². The fourth-order valence-corrected chi connectivity index (χ4v) is 4.43. The summed E-state index contributed by atoms with van der Waals surface area (Å²) in [6, 6.07) is 0. The van der Waals surface area contributed by atoms with Crippen molar-refractivity contribution in [2.75, 3.05) is 13.2 Å². The minimum atomic E-state index is -0.693. The zero-order valence-corrected chi connectivity index (χ0v) is 13.7. The summed E-state index contributed by atoms with van der Waals surface area (Å²) >= 11 is 0. The Kier molecular flexibility index (Phi) is 4.54. The lowest BCUT2D eigenvalue weighted by atomic mass is 9.70. The van der Waals surface area contributed by atoms with E-state index in [1.807, 2.05) is 6.92 Å². The number of hydrogen-bond donors (Lipinski definition) is 2. The smallest absolute Gasteiger partial charge is 0.0767 e. The summed E-state index contributed by atoms with van der Waals surface area (Å²) in [6.07, 6.45) is 6.67. The Morgan fingerprint density at radius 1 is 1.35 bits per heavy atom. The van der Waals surface area contributed by atoms with Crippen LogP contribution < -0.4 is 5.73 Å². The Labute approximate surface area is 124 Å². The van der Waals surface area contributed by atoms with Crippen LogP contribution in [-0.2, 0) is 4.74 Å². The minimum Gasteiger partial charge on any atom is -0.389 e. The van der Waals surface area contributed by atoms with Crippen molar-refractivity contribution in [1.82, 2.24) is 0 Å². The Morgan fingerprint density at radius 3 is 2.50 bits per heavy atom. The second-order valence-electron chi connectivity index (χ2n) is 7.86. The largest absolute Gasteiger partial charge is 0.389 e. The van der Waals surface area contributed by atoms with E-state index in [1.165, 1.54) is 19.3 Å². The molecule has 0 aromatic rings. The fraction of sp³-hybridized carbons (Fsp3) is 1.00. The van der Waals surface area contributed by atoms with E-state index in [0.717, 1.165) is 31.8 Å². The molecule has 2 saturated carbocycles. The van der Waals surface area contributed by atoms with Gasteiger partial charge in [0.15, 0.2) is 0 Å². The van der Waals surface area contributed by atoms with Gasteiger partial charge in [-0.15, -0.1) is 0 Å². The Morgan fingerprint density at radius 2 is 2.05 bits per heavy atom. The Balaban J connectivity index is 1.79. The second-order valence-corrected chi connectivity index (χ2v) is 7.86. The molecule has 20 heavy (non-hydrogen) atoms. The van der Waals surface area contributed by atoms with E-state index in [2.05, 4.69) is 20.8 Å². The summed E-state index contributed by atoms with van der Waals surface area (Å²) in [7, 11) is 0. The summed E-state index contributed by atoms with van der Waals surface area (Å²) in [6.45, 7) is 10.3. The first-order chi connectivity index (χ1) is 9.29. The quantitative estimate of drug-likeness (QED) is 0.706. The molecule has 2 fully saturated rings. The van der Waals surface area contributed by atoms with E-state index in [0.29, 0.717) is 23.5 Å². The molecule has 0 aromatic carbocycles. The number of hydrogen-bond acceptors (Lipinski definition) is 3. The molecule has 2 bridgehead atoms. The van der Waals surface area contributed by atoms with Gasteiger partial charge in [-0.05, 0) is 55.3 Å². The van der Waals surface area contributed by atoms with Crippen molar-refractivity contribution in [3.63, 3.8) is 0 Å². The zero-order chi connectivity index (χ0) is 15.0. The van der Waals surface area contributed by atoms with E-state index in [1.54, 1.807) is 0 Å². The third-order valence-corrected chi connectivity index (χ3v) is 6.86. The first-order valence-corrected chi connectivity index (χ1v) is 8.33. The summed E-state index contributed by atoms with van der Waals surface area (Å²) in [4.78, 5) is 0. The monoisotopic (exact) mass is 283 g/mol. The molecule has 3 N–H and O–H groups in total. The number of nitrogens with two attached hydrogens (primary N) is 1. The van der Waals surface area contributed by atoms with Gasteiger partial charge >= 0.3 is 0 Å². The lowest BCUT2D eigenvalue weighted by Crippen LogP contribution is -2.38. The average Bonchev–Trinajstić information content (AvgIpc) is 2.76. The summed E-state index contributed by atoms with van der Waals surface area (Å²) in [5.74, 6) is 0.828. The molecule has 2 aliphatic rings. The van der Waals surface area contributed by atoms with Gasteiger partial charge in [0.05, 0.1) is 11.7 Å². The van der Waals surface area contributed by atoms with Crippen LogP contribution in [0.15, 0.2) is 0 Å². The highest BCUT2D eigenvalue weighted by molar-refractivity contribution is 5.11. The molecule has 0 heterocycles. The topological polar surface area (TPSA) is 55.5 Å². The number of aliphatic hydroxyl groups is 1. The molecule has 118 valence electrons. The summed E-state index contributed by atoms with van der Waals surface area (Å²) in [5, 5.41) is 10.2. The van der Waals surface area contributed by atoms with Crippen LogP contribution in [0.3, 0.4) is 0 Å². The molecule has 2 rings (SSSR count). The van der Waals surface area contributed by atoms with E-state index >= 15 is 0 Å². The SMILES string of the molecule is CCC(O)(CN)CCCOC1CC2CCC1(C)C2(C)C. The molecule has 3 heteroatoms. The molecule has 4 unspecified atom stereocenters. The molecule has 0 aromatic heterocycles. The van der Waals surface area contributed by atoms with Crippen LogP contribution in [0.2, 0.25) is 0 Å². The van der Waals surface area contributed by atoms with Gasteiger partial charge in [-0.3, -0.25) is 0 Å². The van der Waals surface area contributed by atoms with E-state index < -0.39 is 5.60 Å². The Bertz CT molecular complexity index is 338. The predicted molar refractivity (Wildman–Crippen MR) is 82.5 cm³/mol. The second kappa shape index (κ2) is 5.58. The van der Waals surface area contributed by atoms with Crippen molar-refractivity contribution in [2.45, 2.75) is 77.9 Å². The van der Waals surface area contributed by atoms with Crippen LogP contribution in [0.25, 0.3) is 0 Å². The van der Waals surface area contributed by atoms with Crippen molar-refractivity contribution in [3.05, 3.63) is 0 Å². The van der Waals surface area contributed by atoms with Crippen LogP contribution in [0.4, 0.5) is 0 Å². The highest BCUT2D eigenvalue weighted by atomic mass is 16.5. The maximum absolute atomic E-state index is 10.2. The number of ether oxygens (including phenoxy) is 1. The predicted octanol–water partition coefficient (Wildman–Crippen LogP) is 3.10. The summed E-state index contributed by atoms with van der Waals surface area (Å²) < 4.78 is 6.21. The molecule has 4 atom stereocenters. The molecule has 3 nitrogen and oxygen atoms in total. The first kappa shape index (κ1) is 16.3.